The Labute approximate surface area is 81.0 Å². The first-order valence-electron chi connectivity index (χ1n) is 4.31. The highest BCUT2D eigenvalue weighted by Gasteiger charge is 2.06. The van der Waals surface area contributed by atoms with Crippen LogP contribution in [0.1, 0.15) is 12.5 Å². The second kappa shape index (κ2) is 3.14. The molecule has 0 unspecified atom stereocenters. The molecule has 1 heterocycles. The van der Waals surface area contributed by atoms with Crippen molar-refractivity contribution in [1.29, 1.82) is 0 Å². The number of rotatable bonds is 1. The van der Waals surface area contributed by atoms with Crippen molar-refractivity contribution in [1.82, 2.24) is 9.94 Å². The predicted molar refractivity (Wildman–Crippen MR) is 51.7 cm³/mol. The minimum Gasteiger partial charge on any atom is -0.319 e. The van der Waals surface area contributed by atoms with Crippen LogP contribution < -0.4 is 4.84 Å². The zero-order valence-corrected chi connectivity index (χ0v) is 8.02. The highest BCUT2D eigenvalue weighted by atomic mass is 16.7. The Morgan fingerprint density at radius 1 is 1.50 bits per heavy atom. The lowest BCUT2D eigenvalue weighted by molar-refractivity contribution is -0.142. The normalized spacial score (nSPS) is 10.4. The Kier molecular flexibility index (Phi) is 1.96. The molecule has 0 radical (unpaired) electrons. The van der Waals surface area contributed by atoms with Gasteiger partial charge in [0.05, 0.1) is 6.20 Å². The van der Waals surface area contributed by atoms with Gasteiger partial charge in [-0.05, 0) is 12.5 Å². The Morgan fingerprint density at radius 3 is 3.00 bits per heavy atom. The summed E-state index contributed by atoms with van der Waals surface area (Å²) in [4.78, 5) is 17.0. The average molecular weight is 190 g/mol. The van der Waals surface area contributed by atoms with Crippen LogP contribution in [-0.2, 0) is 4.79 Å². The number of carbonyl (C=O) groups is 1. The summed E-state index contributed by atoms with van der Waals surface area (Å²) in [6, 6.07) is 5.82. The molecule has 0 saturated carbocycles. The quantitative estimate of drug-likeness (QED) is 0.681. The van der Waals surface area contributed by atoms with Crippen LogP contribution in [0.3, 0.4) is 0 Å². The van der Waals surface area contributed by atoms with Gasteiger partial charge in [0, 0.05) is 12.3 Å². The molecule has 4 nitrogen and oxygen atoms in total. The predicted octanol–water partition coefficient (Wildman–Crippen LogP) is 1.32. The van der Waals surface area contributed by atoms with Gasteiger partial charge in [0.2, 0.25) is 0 Å². The molecule has 72 valence electrons. The van der Waals surface area contributed by atoms with Crippen molar-refractivity contribution in [2.24, 2.45) is 0 Å². The van der Waals surface area contributed by atoms with Gasteiger partial charge < -0.3 is 4.84 Å². The summed E-state index contributed by atoms with van der Waals surface area (Å²) in [5, 5.41) is 4.93. The van der Waals surface area contributed by atoms with Crippen LogP contribution in [0.5, 0.6) is 0 Å². The third kappa shape index (κ3) is 1.35. The number of aromatic nitrogens is 2. The van der Waals surface area contributed by atoms with Gasteiger partial charge in [-0.15, -0.1) is 5.10 Å². The molecule has 2 aromatic rings. The third-order valence-electron chi connectivity index (χ3n) is 1.98. The molecular formula is C10H10N2O2. The summed E-state index contributed by atoms with van der Waals surface area (Å²) >= 11 is 0. The monoisotopic (exact) mass is 190 g/mol. The summed E-state index contributed by atoms with van der Waals surface area (Å²) in [6.07, 6.45) is 1.67. The fourth-order valence-electron chi connectivity index (χ4n) is 1.41. The molecule has 0 amide bonds. The second-order valence-corrected chi connectivity index (χ2v) is 3.11. The standard InChI is InChI=1S/C10H10N2O2/c1-7-4-3-5-9-6-11-12(10(7)9)14-8(2)13/h3-6H,1-2H3. The van der Waals surface area contributed by atoms with Gasteiger partial charge in [-0.2, -0.15) is 0 Å². The van der Waals surface area contributed by atoms with Crippen molar-refractivity contribution in [3.8, 4) is 0 Å². The van der Waals surface area contributed by atoms with Crippen LogP contribution in [0.25, 0.3) is 10.9 Å². The fraction of sp³-hybridized carbons (Fsp3) is 0.200. The van der Waals surface area contributed by atoms with Gasteiger partial charge in [-0.3, -0.25) is 0 Å². The number of carbonyl (C=O) groups excluding carboxylic acids is 1. The number of nitrogens with zero attached hydrogens (tertiary/aromatic N) is 2. The Hall–Kier alpha value is -1.84. The maximum absolute atomic E-state index is 10.8. The van der Waals surface area contributed by atoms with Crippen LogP contribution in [-0.4, -0.2) is 15.9 Å². The second-order valence-electron chi connectivity index (χ2n) is 3.11. The van der Waals surface area contributed by atoms with Crippen LogP contribution in [0.2, 0.25) is 0 Å². The topological polar surface area (TPSA) is 44.1 Å². The summed E-state index contributed by atoms with van der Waals surface area (Å²) < 4.78 is 0. The molecule has 0 aliphatic heterocycles. The van der Waals surface area contributed by atoms with Gasteiger partial charge in [-0.1, -0.05) is 23.0 Å². The number of para-hydroxylation sites is 1. The minimum absolute atomic E-state index is 0.377. The van der Waals surface area contributed by atoms with Gasteiger partial charge in [-0.25, -0.2) is 4.79 Å². The summed E-state index contributed by atoms with van der Waals surface area (Å²) in [5.74, 6) is -0.377. The van der Waals surface area contributed by atoms with E-state index >= 15 is 0 Å². The molecule has 1 aromatic heterocycles. The lowest BCUT2D eigenvalue weighted by atomic mass is 10.2. The van der Waals surface area contributed by atoms with Crippen LogP contribution in [0.4, 0.5) is 0 Å². The molecule has 2 rings (SSSR count). The minimum atomic E-state index is -0.377. The first-order chi connectivity index (χ1) is 6.68. The molecule has 0 bridgehead atoms. The van der Waals surface area contributed by atoms with Crippen molar-refractivity contribution in [3.05, 3.63) is 30.0 Å². The van der Waals surface area contributed by atoms with E-state index in [2.05, 4.69) is 5.10 Å². The zero-order valence-electron chi connectivity index (χ0n) is 8.02. The average Bonchev–Trinajstić information content (AvgIpc) is 2.49. The van der Waals surface area contributed by atoms with E-state index < -0.39 is 0 Å². The SMILES string of the molecule is CC(=O)On1ncc2cccc(C)c21. The van der Waals surface area contributed by atoms with Crippen molar-refractivity contribution >= 4 is 16.9 Å². The maximum atomic E-state index is 10.8. The van der Waals surface area contributed by atoms with Gasteiger partial charge in [0.15, 0.2) is 0 Å². The molecule has 0 aliphatic carbocycles. The molecular weight excluding hydrogens is 180 g/mol. The number of hydrogen-bond donors (Lipinski definition) is 0. The molecule has 0 spiro atoms. The molecule has 1 aromatic carbocycles. The number of hydrogen-bond acceptors (Lipinski definition) is 3. The Bertz CT molecular complexity index is 488. The summed E-state index contributed by atoms with van der Waals surface area (Å²) in [5.41, 5.74) is 1.86. The van der Waals surface area contributed by atoms with E-state index in [1.807, 2.05) is 25.1 Å². The maximum Gasteiger partial charge on any atom is 0.331 e. The lowest BCUT2D eigenvalue weighted by Crippen LogP contribution is -2.17. The van der Waals surface area contributed by atoms with Gasteiger partial charge >= 0.3 is 5.97 Å². The molecule has 0 aliphatic rings. The number of fused-ring (bicyclic) bond motifs is 1. The van der Waals surface area contributed by atoms with E-state index in [4.69, 9.17) is 4.84 Å². The van der Waals surface area contributed by atoms with Crippen LogP contribution in [0.15, 0.2) is 24.4 Å². The van der Waals surface area contributed by atoms with E-state index in [-0.39, 0.29) is 5.97 Å². The van der Waals surface area contributed by atoms with Gasteiger partial charge in [0.25, 0.3) is 0 Å². The van der Waals surface area contributed by atoms with Crippen LogP contribution >= 0.6 is 0 Å². The van der Waals surface area contributed by atoms with Crippen LogP contribution in [0, 0.1) is 6.92 Å². The molecule has 0 fully saturated rings. The van der Waals surface area contributed by atoms with Crippen molar-refractivity contribution in [2.45, 2.75) is 13.8 Å². The Balaban J connectivity index is 2.61. The highest BCUT2D eigenvalue weighted by Crippen LogP contribution is 2.16. The molecule has 0 N–H and O–H groups in total. The van der Waals surface area contributed by atoms with Crippen molar-refractivity contribution < 1.29 is 9.63 Å². The molecule has 0 atom stereocenters. The molecule has 0 saturated heterocycles. The summed E-state index contributed by atoms with van der Waals surface area (Å²) in [7, 11) is 0. The van der Waals surface area contributed by atoms with Crippen molar-refractivity contribution in [3.63, 3.8) is 0 Å². The van der Waals surface area contributed by atoms with E-state index in [1.54, 1.807) is 6.20 Å². The van der Waals surface area contributed by atoms with Crippen molar-refractivity contribution in [2.75, 3.05) is 0 Å². The van der Waals surface area contributed by atoms with Gasteiger partial charge in [0.1, 0.15) is 5.52 Å². The first-order valence-corrected chi connectivity index (χ1v) is 4.31. The smallest absolute Gasteiger partial charge is 0.319 e. The highest BCUT2D eigenvalue weighted by molar-refractivity contribution is 5.82. The molecule has 4 heteroatoms. The number of benzene rings is 1. The zero-order chi connectivity index (χ0) is 10.1. The Morgan fingerprint density at radius 2 is 2.29 bits per heavy atom. The lowest BCUT2D eigenvalue weighted by Gasteiger charge is -2.02. The first kappa shape index (κ1) is 8.74. The number of aryl methyl sites for hydroxylation is 1. The summed E-state index contributed by atoms with van der Waals surface area (Å²) in [6.45, 7) is 3.30. The third-order valence-corrected chi connectivity index (χ3v) is 1.98. The van der Waals surface area contributed by atoms with E-state index in [0.717, 1.165) is 16.5 Å². The molecule has 14 heavy (non-hydrogen) atoms. The van der Waals surface area contributed by atoms with E-state index in [1.165, 1.54) is 11.8 Å². The largest absolute Gasteiger partial charge is 0.331 e. The van der Waals surface area contributed by atoms with E-state index in [9.17, 15) is 4.79 Å². The fourth-order valence-corrected chi connectivity index (χ4v) is 1.41. The van der Waals surface area contributed by atoms with E-state index in [0.29, 0.717) is 0 Å².